The highest BCUT2D eigenvalue weighted by Gasteiger charge is 2.34. The molecular weight excluding hydrogens is 394 g/mol. The van der Waals surface area contributed by atoms with Gasteiger partial charge >= 0.3 is 6.18 Å². The fourth-order valence-corrected chi connectivity index (χ4v) is 2.19. The molecule has 2 rings (SSSR count). The fourth-order valence-electron chi connectivity index (χ4n) is 1.74. The summed E-state index contributed by atoms with van der Waals surface area (Å²) in [6, 6.07) is 2.88. The molecule has 24 heavy (non-hydrogen) atoms. The molecule has 0 saturated carbocycles. The molecular formula is C13H7Cl3F3N3O2. The quantitative estimate of drug-likeness (QED) is 0.851. The van der Waals surface area contributed by atoms with Crippen LogP contribution in [0.4, 0.5) is 18.9 Å². The molecule has 1 aromatic heterocycles. The Morgan fingerprint density at radius 1 is 1.25 bits per heavy atom. The number of hydrogen-bond acceptors (Lipinski definition) is 3. The molecule has 0 unspecified atom stereocenters. The number of amides is 1. The molecule has 0 aliphatic rings. The first-order valence-corrected chi connectivity index (χ1v) is 7.30. The Hall–Kier alpha value is -1.77. The van der Waals surface area contributed by atoms with Crippen LogP contribution in [0.5, 0.6) is 0 Å². The number of hydrogen-bond donors (Lipinski definition) is 1. The minimum absolute atomic E-state index is 0.101. The lowest BCUT2D eigenvalue weighted by Crippen LogP contribution is -2.30. The number of aromatic nitrogens is 2. The Balaban J connectivity index is 2.26. The van der Waals surface area contributed by atoms with Crippen LogP contribution >= 0.6 is 34.8 Å². The van der Waals surface area contributed by atoms with Crippen molar-refractivity contribution < 1.29 is 18.0 Å². The van der Waals surface area contributed by atoms with Gasteiger partial charge in [0.2, 0.25) is 5.91 Å². The van der Waals surface area contributed by atoms with Crippen molar-refractivity contribution in [3.05, 3.63) is 55.4 Å². The van der Waals surface area contributed by atoms with Crippen molar-refractivity contribution in [1.29, 1.82) is 0 Å². The number of anilines is 1. The van der Waals surface area contributed by atoms with E-state index < -0.39 is 35.4 Å². The first kappa shape index (κ1) is 18.6. The van der Waals surface area contributed by atoms with Crippen LogP contribution in [-0.2, 0) is 17.5 Å². The average Bonchev–Trinajstić information content (AvgIpc) is 2.49. The Labute approximate surface area is 147 Å². The van der Waals surface area contributed by atoms with Crippen LogP contribution in [0, 0.1) is 0 Å². The zero-order valence-corrected chi connectivity index (χ0v) is 13.8. The summed E-state index contributed by atoms with van der Waals surface area (Å²) in [6.45, 7) is -0.643. The second-order valence-corrected chi connectivity index (χ2v) is 5.73. The van der Waals surface area contributed by atoms with Gasteiger partial charge in [0.25, 0.3) is 5.56 Å². The van der Waals surface area contributed by atoms with Gasteiger partial charge in [-0.2, -0.15) is 18.3 Å². The maximum Gasteiger partial charge on any atom is 0.418 e. The molecule has 2 aromatic rings. The SMILES string of the molecule is O=C(Cn1ncc(Cl)c(Cl)c1=O)Nc1ccc(Cl)cc1C(F)(F)F. The number of rotatable bonds is 3. The Bertz CT molecular complexity index is 853. The average molecular weight is 401 g/mol. The van der Waals surface area contributed by atoms with Crippen molar-refractivity contribution in [2.45, 2.75) is 12.7 Å². The second-order valence-electron chi connectivity index (χ2n) is 4.51. The molecule has 1 heterocycles. The van der Waals surface area contributed by atoms with Gasteiger partial charge in [0.1, 0.15) is 11.6 Å². The van der Waals surface area contributed by atoms with E-state index in [1.54, 1.807) is 0 Å². The number of carbonyl (C=O) groups is 1. The summed E-state index contributed by atoms with van der Waals surface area (Å²) < 4.78 is 39.5. The summed E-state index contributed by atoms with van der Waals surface area (Å²) >= 11 is 16.8. The molecule has 0 saturated heterocycles. The number of nitrogens with one attached hydrogen (secondary N) is 1. The van der Waals surface area contributed by atoms with Crippen LogP contribution in [-0.4, -0.2) is 15.7 Å². The van der Waals surface area contributed by atoms with Crippen LogP contribution in [0.25, 0.3) is 0 Å². The van der Waals surface area contributed by atoms with Crippen molar-refractivity contribution in [1.82, 2.24) is 9.78 Å². The summed E-state index contributed by atoms with van der Waals surface area (Å²) in [7, 11) is 0. The normalized spacial score (nSPS) is 11.4. The van der Waals surface area contributed by atoms with E-state index in [1.807, 2.05) is 0 Å². The van der Waals surface area contributed by atoms with E-state index >= 15 is 0 Å². The van der Waals surface area contributed by atoms with Gasteiger partial charge in [-0.1, -0.05) is 34.8 Å². The lowest BCUT2D eigenvalue weighted by Gasteiger charge is -2.14. The summed E-state index contributed by atoms with van der Waals surface area (Å²) in [5.74, 6) is -0.907. The number of alkyl halides is 3. The van der Waals surface area contributed by atoms with E-state index in [-0.39, 0.29) is 15.1 Å². The summed E-state index contributed by atoms with van der Waals surface area (Å²) in [6.07, 6.45) is -3.67. The molecule has 1 aromatic carbocycles. The van der Waals surface area contributed by atoms with E-state index in [2.05, 4.69) is 10.4 Å². The largest absolute Gasteiger partial charge is 0.418 e. The maximum atomic E-state index is 13.0. The highest BCUT2D eigenvalue weighted by atomic mass is 35.5. The van der Waals surface area contributed by atoms with Gasteiger partial charge in [0.05, 0.1) is 22.5 Å². The summed E-state index contributed by atoms with van der Waals surface area (Å²) in [5, 5.41) is 5.07. The summed E-state index contributed by atoms with van der Waals surface area (Å²) in [5.41, 5.74) is -2.45. The third kappa shape index (κ3) is 4.19. The van der Waals surface area contributed by atoms with Crippen molar-refractivity contribution in [3.63, 3.8) is 0 Å². The van der Waals surface area contributed by atoms with E-state index in [0.29, 0.717) is 10.7 Å². The molecule has 128 valence electrons. The smallest absolute Gasteiger partial charge is 0.324 e. The molecule has 1 N–H and O–H groups in total. The minimum atomic E-state index is -4.72. The minimum Gasteiger partial charge on any atom is -0.324 e. The lowest BCUT2D eigenvalue weighted by molar-refractivity contribution is -0.137. The molecule has 1 amide bonds. The van der Waals surface area contributed by atoms with Crippen LogP contribution in [0.3, 0.4) is 0 Å². The highest BCUT2D eigenvalue weighted by Crippen LogP contribution is 2.36. The first-order chi connectivity index (χ1) is 11.1. The molecule has 0 bridgehead atoms. The van der Waals surface area contributed by atoms with Crippen molar-refractivity contribution >= 4 is 46.4 Å². The summed E-state index contributed by atoms with van der Waals surface area (Å²) in [4.78, 5) is 23.7. The van der Waals surface area contributed by atoms with Crippen LogP contribution in [0.1, 0.15) is 5.56 Å². The van der Waals surface area contributed by atoms with Gasteiger partial charge in [-0.05, 0) is 18.2 Å². The first-order valence-electron chi connectivity index (χ1n) is 6.17. The van der Waals surface area contributed by atoms with Crippen molar-refractivity contribution in [3.8, 4) is 0 Å². The van der Waals surface area contributed by atoms with E-state index in [1.165, 1.54) is 6.07 Å². The fraction of sp³-hybridized carbons (Fsp3) is 0.154. The second kappa shape index (κ2) is 7.00. The van der Waals surface area contributed by atoms with Gasteiger partial charge in [0.15, 0.2) is 0 Å². The predicted molar refractivity (Wildman–Crippen MR) is 83.6 cm³/mol. The van der Waals surface area contributed by atoms with Crippen molar-refractivity contribution in [2.75, 3.05) is 5.32 Å². The van der Waals surface area contributed by atoms with Crippen LogP contribution in [0.2, 0.25) is 15.1 Å². The Kier molecular flexibility index (Phi) is 5.42. The topological polar surface area (TPSA) is 64.0 Å². The van der Waals surface area contributed by atoms with Gasteiger partial charge in [-0.15, -0.1) is 0 Å². The van der Waals surface area contributed by atoms with Crippen molar-refractivity contribution in [2.24, 2.45) is 0 Å². The molecule has 0 spiro atoms. The number of halogens is 6. The maximum absolute atomic E-state index is 13.0. The van der Waals surface area contributed by atoms with E-state index in [9.17, 15) is 22.8 Å². The third-order valence-electron chi connectivity index (χ3n) is 2.80. The van der Waals surface area contributed by atoms with Gasteiger partial charge in [-0.3, -0.25) is 9.59 Å². The van der Waals surface area contributed by atoms with Gasteiger partial charge < -0.3 is 5.32 Å². The molecule has 11 heteroatoms. The number of carbonyl (C=O) groups excluding carboxylic acids is 1. The van der Waals surface area contributed by atoms with Crippen LogP contribution < -0.4 is 10.9 Å². The van der Waals surface area contributed by atoms with E-state index in [0.717, 1.165) is 12.3 Å². The Morgan fingerprint density at radius 3 is 2.54 bits per heavy atom. The van der Waals surface area contributed by atoms with Gasteiger partial charge in [0, 0.05) is 5.02 Å². The standard InChI is InChI=1S/C13H7Cl3F3N3O2/c14-6-1-2-9(7(3-6)13(17,18)19)21-10(23)5-22-12(24)11(16)8(15)4-20-22/h1-4H,5H2,(H,21,23). The zero-order chi connectivity index (χ0) is 18.1. The zero-order valence-electron chi connectivity index (χ0n) is 11.5. The lowest BCUT2D eigenvalue weighted by atomic mass is 10.1. The molecule has 0 atom stereocenters. The van der Waals surface area contributed by atoms with E-state index in [4.69, 9.17) is 34.8 Å². The molecule has 0 aliphatic heterocycles. The molecule has 0 fully saturated rings. The molecule has 0 aliphatic carbocycles. The Morgan fingerprint density at radius 2 is 1.92 bits per heavy atom. The molecule has 0 radical (unpaired) electrons. The monoisotopic (exact) mass is 399 g/mol. The number of benzene rings is 1. The van der Waals surface area contributed by atoms with Gasteiger partial charge in [-0.25, -0.2) is 4.68 Å². The number of nitrogens with zero attached hydrogens (tertiary/aromatic N) is 2. The molecule has 5 nitrogen and oxygen atoms in total. The van der Waals surface area contributed by atoms with Crippen LogP contribution in [0.15, 0.2) is 29.2 Å². The highest BCUT2D eigenvalue weighted by molar-refractivity contribution is 6.41. The third-order valence-corrected chi connectivity index (χ3v) is 3.78. The predicted octanol–water partition coefficient (Wildman–Crippen LogP) is 3.86.